The van der Waals surface area contributed by atoms with E-state index in [0.717, 1.165) is 25.9 Å². The Hall–Kier alpha value is -2.90. The summed E-state index contributed by atoms with van der Waals surface area (Å²) in [6.07, 6.45) is 9.42. The highest BCUT2D eigenvalue weighted by atomic mass is 16.5. The van der Waals surface area contributed by atoms with Gasteiger partial charge >= 0.3 is 11.9 Å². The molecule has 7 heteroatoms. The van der Waals surface area contributed by atoms with Crippen molar-refractivity contribution in [3.8, 4) is 0 Å². The number of carbonyl (C=O) groups excluding carboxylic acids is 2. The topological polar surface area (TPSA) is 93.9 Å². The molecule has 3 N–H and O–H groups in total. The maximum absolute atomic E-state index is 11.8. The first-order valence-corrected chi connectivity index (χ1v) is 13.8. The summed E-state index contributed by atoms with van der Waals surface area (Å²) < 4.78 is 10.5. The first kappa shape index (κ1) is 28.7. The second kappa shape index (κ2) is 16.0. The molecule has 37 heavy (non-hydrogen) atoms. The molecule has 2 saturated heterocycles. The van der Waals surface area contributed by atoms with Crippen molar-refractivity contribution in [1.82, 2.24) is 10.2 Å². The number of para-hydroxylation sites is 1. The number of likely N-dealkylation sites (tertiary alicyclic amines) is 1. The Kier molecular flexibility index (Phi) is 12.4. The van der Waals surface area contributed by atoms with Crippen molar-refractivity contribution in [2.24, 2.45) is 0 Å². The van der Waals surface area contributed by atoms with Gasteiger partial charge in [-0.25, -0.2) is 9.59 Å². The molecule has 2 unspecified atom stereocenters. The van der Waals surface area contributed by atoms with Crippen LogP contribution in [0.5, 0.6) is 0 Å². The van der Waals surface area contributed by atoms with E-state index in [9.17, 15) is 9.59 Å². The van der Waals surface area contributed by atoms with E-state index in [1.165, 1.54) is 45.1 Å². The standard InChI is InChI=1S/C16H23NO2.C14H20N2O2/c1-14-8-5-6-11-17(14)12-7-13-19-16(18)15-9-3-2-4-10-15;15-13-7-2-1-6-12(13)14(17)18-10-8-11-5-3-4-9-16-11/h2-4,9-10,14H,5-8,11-13H2,1H3;1-2,6-7,11,16H,3-5,8-10,15H2. The number of esters is 2. The molecule has 0 aliphatic carbocycles. The summed E-state index contributed by atoms with van der Waals surface area (Å²) in [5, 5.41) is 3.43. The molecule has 2 aromatic rings. The number of rotatable bonds is 9. The highest BCUT2D eigenvalue weighted by Gasteiger charge is 2.18. The van der Waals surface area contributed by atoms with Crippen LogP contribution < -0.4 is 11.1 Å². The van der Waals surface area contributed by atoms with Gasteiger partial charge in [0.05, 0.1) is 24.3 Å². The van der Waals surface area contributed by atoms with Crippen molar-refractivity contribution >= 4 is 17.6 Å². The van der Waals surface area contributed by atoms with E-state index in [1.807, 2.05) is 18.2 Å². The van der Waals surface area contributed by atoms with E-state index >= 15 is 0 Å². The van der Waals surface area contributed by atoms with Crippen LogP contribution in [-0.4, -0.2) is 61.8 Å². The maximum atomic E-state index is 11.8. The Labute approximate surface area is 221 Å². The largest absolute Gasteiger partial charge is 0.462 e. The van der Waals surface area contributed by atoms with Crippen molar-refractivity contribution in [3.63, 3.8) is 0 Å². The van der Waals surface area contributed by atoms with Crippen LogP contribution in [0.1, 0.15) is 79.0 Å². The number of nitrogens with two attached hydrogens (primary N) is 1. The molecule has 0 spiro atoms. The minimum atomic E-state index is -0.330. The quantitative estimate of drug-likeness (QED) is 0.277. The molecule has 202 valence electrons. The molecular weight excluding hydrogens is 466 g/mol. The second-order valence-electron chi connectivity index (χ2n) is 9.89. The number of hydrogen-bond acceptors (Lipinski definition) is 7. The molecule has 2 atom stereocenters. The SMILES string of the molecule is CC1CCCCN1CCCOC(=O)c1ccccc1.Nc1ccccc1C(=O)OCCC1CCCCN1. The molecule has 4 rings (SSSR count). The van der Waals surface area contributed by atoms with Gasteiger partial charge in [-0.2, -0.15) is 0 Å². The Morgan fingerprint density at radius 3 is 2.38 bits per heavy atom. The third-order valence-corrected chi connectivity index (χ3v) is 7.07. The first-order chi connectivity index (χ1) is 18.0. The molecule has 0 bridgehead atoms. The van der Waals surface area contributed by atoms with Crippen LogP contribution in [-0.2, 0) is 9.47 Å². The van der Waals surface area contributed by atoms with Crippen molar-refractivity contribution in [1.29, 1.82) is 0 Å². The van der Waals surface area contributed by atoms with Crippen LogP contribution in [0, 0.1) is 0 Å². The third-order valence-electron chi connectivity index (χ3n) is 7.07. The van der Waals surface area contributed by atoms with E-state index in [0.29, 0.717) is 42.1 Å². The summed E-state index contributed by atoms with van der Waals surface area (Å²) >= 11 is 0. The molecule has 7 nitrogen and oxygen atoms in total. The van der Waals surface area contributed by atoms with Gasteiger partial charge < -0.3 is 25.4 Å². The molecule has 0 saturated carbocycles. The predicted molar refractivity (Wildman–Crippen MR) is 148 cm³/mol. The summed E-state index contributed by atoms with van der Waals surface area (Å²) in [5.41, 5.74) is 7.28. The number of anilines is 1. The molecule has 0 radical (unpaired) electrons. The summed E-state index contributed by atoms with van der Waals surface area (Å²) in [6.45, 7) is 6.54. The zero-order valence-corrected chi connectivity index (χ0v) is 22.2. The first-order valence-electron chi connectivity index (χ1n) is 13.8. The minimum absolute atomic E-state index is 0.215. The number of nitrogens with zero attached hydrogens (tertiary/aromatic N) is 1. The number of hydrogen-bond donors (Lipinski definition) is 2. The van der Waals surface area contributed by atoms with Crippen molar-refractivity contribution in [3.05, 3.63) is 65.7 Å². The van der Waals surface area contributed by atoms with Gasteiger partial charge in [-0.05, 0) is 82.8 Å². The number of ether oxygens (including phenoxy) is 2. The molecule has 2 fully saturated rings. The molecule has 2 aromatic carbocycles. The number of piperidine rings is 2. The van der Waals surface area contributed by atoms with Gasteiger partial charge in [0, 0.05) is 24.3 Å². The van der Waals surface area contributed by atoms with Gasteiger partial charge in [-0.1, -0.05) is 43.2 Å². The Morgan fingerprint density at radius 2 is 1.65 bits per heavy atom. The average molecular weight is 510 g/mol. The van der Waals surface area contributed by atoms with Gasteiger partial charge in [-0.15, -0.1) is 0 Å². The van der Waals surface area contributed by atoms with Gasteiger partial charge in [0.25, 0.3) is 0 Å². The predicted octanol–water partition coefficient (Wildman–Crippen LogP) is 5.07. The van der Waals surface area contributed by atoms with Gasteiger partial charge in [0.1, 0.15) is 0 Å². The van der Waals surface area contributed by atoms with Gasteiger partial charge in [-0.3, -0.25) is 0 Å². The van der Waals surface area contributed by atoms with Crippen molar-refractivity contribution in [2.75, 3.05) is 38.6 Å². The molecule has 0 aromatic heterocycles. The van der Waals surface area contributed by atoms with Crippen molar-refractivity contribution < 1.29 is 19.1 Å². The van der Waals surface area contributed by atoms with Gasteiger partial charge in [0.15, 0.2) is 0 Å². The molecule has 2 aliphatic heterocycles. The van der Waals surface area contributed by atoms with Crippen LogP contribution in [0.25, 0.3) is 0 Å². The fourth-order valence-corrected chi connectivity index (χ4v) is 4.80. The molecule has 2 heterocycles. The third kappa shape index (κ3) is 10.2. The monoisotopic (exact) mass is 509 g/mol. The molecule has 0 amide bonds. The zero-order chi connectivity index (χ0) is 26.3. The Balaban J connectivity index is 0.000000206. The van der Waals surface area contributed by atoms with Crippen molar-refractivity contribution in [2.45, 2.75) is 70.4 Å². The highest BCUT2D eigenvalue weighted by molar-refractivity contribution is 5.94. The van der Waals surface area contributed by atoms with Crippen LogP contribution in [0.15, 0.2) is 54.6 Å². The fraction of sp³-hybridized carbons (Fsp3) is 0.533. The Morgan fingerprint density at radius 1 is 0.919 bits per heavy atom. The lowest BCUT2D eigenvalue weighted by Crippen LogP contribution is -2.38. The lowest BCUT2D eigenvalue weighted by Gasteiger charge is -2.33. The van der Waals surface area contributed by atoms with Crippen LogP contribution in [0.4, 0.5) is 5.69 Å². The van der Waals surface area contributed by atoms with Crippen LogP contribution in [0.3, 0.4) is 0 Å². The Bertz CT molecular complexity index is 947. The van der Waals surface area contributed by atoms with E-state index in [2.05, 4.69) is 17.1 Å². The van der Waals surface area contributed by atoms with E-state index < -0.39 is 0 Å². The minimum Gasteiger partial charge on any atom is -0.462 e. The lowest BCUT2D eigenvalue weighted by molar-refractivity contribution is 0.0470. The molecular formula is C30H43N3O4. The van der Waals surface area contributed by atoms with Gasteiger partial charge in [0.2, 0.25) is 0 Å². The molecule has 2 aliphatic rings. The number of nitrogens with one attached hydrogen (secondary N) is 1. The number of benzene rings is 2. The van der Waals surface area contributed by atoms with E-state index in [4.69, 9.17) is 15.2 Å². The fourth-order valence-electron chi connectivity index (χ4n) is 4.80. The summed E-state index contributed by atoms with van der Waals surface area (Å²) in [6, 6.07) is 17.3. The second-order valence-corrected chi connectivity index (χ2v) is 9.89. The summed E-state index contributed by atoms with van der Waals surface area (Å²) in [7, 11) is 0. The smallest absolute Gasteiger partial charge is 0.340 e. The zero-order valence-electron chi connectivity index (χ0n) is 22.2. The van der Waals surface area contributed by atoms with E-state index in [1.54, 1.807) is 36.4 Å². The highest BCUT2D eigenvalue weighted by Crippen LogP contribution is 2.16. The van der Waals surface area contributed by atoms with Crippen LogP contribution >= 0.6 is 0 Å². The maximum Gasteiger partial charge on any atom is 0.340 e. The number of nitrogen functional groups attached to an aromatic ring is 1. The summed E-state index contributed by atoms with van der Waals surface area (Å²) in [5.74, 6) is -0.545. The average Bonchev–Trinajstić information content (AvgIpc) is 2.93. The van der Waals surface area contributed by atoms with E-state index in [-0.39, 0.29) is 11.9 Å². The summed E-state index contributed by atoms with van der Waals surface area (Å²) in [4.78, 5) is 26.0. The lowest BCUT2D eigenvalue weighted by atomic mass is 10.0. The normalized spacial score (nSPS) is 19.8. The number of carbonyl (C=O) groups is 2. The van der Waals surface area contributed by atoms with Crippen LogP contribution in [0.2, 0.25) is 0 Å².